The normalized spacial score (nSPS) is 13.9. The third kappa shape index (κ3) is 13.1. The fourth-order valence-corrected chi connectivity index (χ4v) is 4.70. The number of rotatable bonds is 8. The summed E-state index contributed by atoms with van der Waals surface area (Å²) >= 11 is 6.99. The summed E-state index contributed by atoms with van der Waals surface area (Å²) in [4.78, 5) is 18.2. The zero-order valence-corrected chi connectivity index (χ0v) is 23.8. The summed E-state index contributed by atoms with van der Waals surface area (Å²) in [7, 11) is 0.969. The Balaban J connectivity index is 0.000000360. The number of carbonyl (C=O) groups excluding carboxylic acids is 1. The Labute approximate surface area is 229 Å². The molecule has 0 aliphatic rings. The lowest BCUT2D eigenvalue weighted by Gasteiger charge is -2.20. The average Bonchev–Trinajstić information content (AvgIpc) is 2.71. The van der Waals surface area contributed by atoms with E-state index in [2.05, 4.69) is 41.8 Å². The summed E-state index contributed by atoms with van der Waals surface area (Å²) in [6.45, 7) is 1.34. The van der Waals surface area contributed by atoms with Crippen molar-refractivity contribution in [3.8, 4) is 0 Å². The van der Waals surface area contributed by atoms with Gasteiger partial charge in [0.05, 0.1) is 17.6 Å². The molecule has 2 aromatic heterocycles. The molecule has 202 valence electrons. The first-order valence-electron chi connectivity index (χ1n) is 9.82. The predicted molar refractivity (Wildman–Crippen MR) is 133 cm³/mol. The van der Waals surface area contributed by atoms with E-state index in [1.165, 1.54) is 37.4 Å². The number of thioether (sulfide) groups is 1. The highest BCUT2D eigenvalue weighted by molar-refractivity contribution is 9.10. The molecule has 2 rings (SSSR count). The van der Waals surface area contributed by atoms with Crippen molar-refractivity contribution in [2.24, 2.45) is 0 Å². The van der Waals surface area contributed by atoms with Crippen LogP contribution < -0.4 is 0 Å². The largest absolute Gasteiger partial charge is 0.395 e. The van der Waals surface area contributed by atoms with Crippen LogP contribution in [0.4, 0.5) is 26.3 Å². The average molecular weight is 709 g/mol. The molecule has 0 fully saturated rings. The van der Waals surface area contributed by atoms with Gasteiger partial charge in [0, 0.05) is 35.8 Å². The van der Waals surface area contributed by atoms with Gasteiger partial charge in [-0.3, -0.25) is 4.79 Å². The summed E-state index contributed by atoms with van der Waals surface area (Å²) in [6, 6.07) is 5.49. The van der Waals surface area contributed by atoms with E-state index in [4.69, 9.17) is 10.7 Å². The number of aromatic nitrogens is 2. The molecule has 16 heteroatoms. The Morgan fingerprint density at radius 3 is 1.64 bits per heavy atom. The smallest absolute Gasteiger partial charge is 0.288 e. The molecule has 0 saturated carbocycles. The van der Waals surface area contributed by atoms with Gasteiger partial charge < -0.3 is 0 Å². The zero-order chi connectivity index (χ0) is 27.7. The number of carbonyl (C=O) groups is 1. The second kappa shape index (κ2) is 14.3. The van der Waals surface area contributed by atoms with Crippen molar-refractivity contribution >= 4 is 68.5 Å². The lowest BCUT2D eigenvalue weighted by Crippen LogP contribution is -2.23. The van der Waals surface area contributed by atoms with E-state index in [0.717, 1.165) is 18.0 Å². The van der Waals surface area contributed by atoms with Crippen LogP contribution in [0.25, 0.3) is 0 Å². The molecule has 2 heterocycles. The maximum atomic E-state index is 12.9. The maximum Gasteiger partial charge on any atom is 0.395 e. The van der Waals surface area contributed by atoms with E-state index >= 15 is 0 Å². The van der Waals surface area contributed by atoms with Crippen LogP contribution in [0.2, 0.25) is 0 Å². The van der Waals surface area contributed by atoms with E-state index in [0.29, 0.717) is 9.21 Å². The van der Waals surface area contributed by atoms with Gasteiger partial charge in [-0.25, -0.2) is 18.4 Å². The topological polar surface area (TPSA) is 77.0 Å². The standard InChI is InChI=1S/C11H11BrF3NOS.C9H8BrClF3NO2S/c1-7(17)18-5-4-9(11(13,14)15)8-2-3-10(12)16-6-8;10-8-2-1-6(5-15-8)7(9(12,13)14)3-4-18(11,16)17/h2-3,6,9H,4-5H2,1H3;1-2,5,7H,3-4H2. The molecule has 0 spiro atoms. The third-order valence-corrected chi connectivity index (χ3v) is 7.43. The maximum absolute atomic E-state index is 12.9. The predicted octanol–water partition coefficient (Wildman–Crippen LogP) is 7.61. The van der Waals surface area contributed by atoms with Crippen LogP contribution in [0.5, 0.6) is 0 Å². The molecule has 5 nitrogen and oxygen atoms in total. The molecule has 0 amide bonds. The van der Waals surface area contributed by atoms with Gasteiger partial charge in [0.2, 0.25) is 9.05 Å². The van der Waals surface area contributed by atoms with Crippen LogP contribution >= 0.6 is 54.3 Å². The zero-order valence-electron chi connectivity index (χ0n) is 18.3. The summed E-state index contributed by atoms with van der Waals surface area (Å²) in [5, 5.41) is -0.176. The van der Waals surface area contributed by atoms with E-state index in [-0.39, 0.29) is 28.4 Å². The summed E-state index contributed by atoms with van der Waals surface area (Å²) in [5.74, 6) is -4.07. The van der Waals surface area contributed by atoms with Crippen LogP contribution in [0.15, 0.2) is 45.9 Å². The molecule has 0 aliphatic heterocycles. The summed E-state index contributed by atoms with van der Waals surface area (Å²) in [5.41, 5.74) is 0.0286. The Bertz CT molecular complexity index is 1090. The molecule has 36 heavy (non-hydrogen) atoms. The van der Waals surface area contributed by atoms with E-state index < -0.39 is 45.4 Å². The molecule has 0 saturated heterocycles. The van der Waals surface area contributed by atoms with Gasteiger partial charge in [-0.2, -0.15) is 26.3 Å². The molecule has 2 unspecified atom stereocenters. The van der Waals surface area contributed by atoms with E-state index in [1.54, 1.807) is 0 Å². The first-order valence-corrected chi connectivity index (χ1v) is 14.9. The molecular formula is C20H19Br2ClF6N2O3S2. The number of hydrogen-bond acceptors (Lipinski definition) is 6. The SMILES string of the molecule is CC(=O)SCCC(c1ccc(Br)nc1)C(F)(F)F.O=S(=O)(Cl)CCC(c1ccc(Br)nc1)C(F)(F)F. The molecule has 0 aromatic carbocycles. The first kappa shape index (κ1) is 33.1. The highest BCUT2D eigenvalue weighted by Gasteiger charge is 2.41. The first-order chi connectivity index (χ1) is 16.4. The summed E-state index contributed by atoms with van der Waals surface area (Å²) in [6.07, 6.45) is -7.36. The van der Waals surface area contributed by atoms with Crippen molar-refractivity contribution in [1.82, 2.24) is 9.97 Å². The molecule has 0 N–H and O–H groups in total. The minimum absolute atomic E-state index is 0.0917. The van der Waals surface area contributed by atoms with Gasteiger partial charge in [-0.1, -0.05) is 23.9 Å². The van der Waals surface area contributed by atoms with Gasteiger partial charge in [0.15, 0.2) is 5.12 Å². The Hall–Kier alpha value is -0.900. The van der Waals surface area contributed by atoms with Crippen LogP contribution in [-0.2, 0) is 13.8 Å². The molecule has 0 radical (unpaired) electrons. The van der Waals surface area contributed by atoms with Crippen molar-refractivity contribution in [3.05, 3.63) is 57.0 Å². The highest BCUT2D eigenvalue weighted by Crippen LogP contribution is 2.39. The highest BCUT2D eigenvalue weighted by atomic mass is 79.9. The van der Waals surface area contributed by atoms with Crippen LogP contribution in [0.3, 0.4) is 0 Å². The van der Waals surface area contributed by atoms with Crippen molar-refractivity contribution in [2.75, 3.05) is 11.5 Å². The molecule has 2 aromatic rings. The number of halogens is 9. The lowest BCUT2D eigenvalue weighted by atomic mass is 9.98. The van der Waals surface area contributed by atoms with Crippen molar-refractivity contribution in [3.63, 3.8) is 0 Å². The van der Waals surface area contributed by atoms with Crippen molar-refractivity contribution in [1.29, 1.82) is 0 Å². The summed E-state index contributed by atoms with van der Waals surface area (Å²) < 4.78 is 99.4. The third-order valence-electron chi connectivity index (χ3n) is 4.46. The van der Waals surface area contributed by atoms with E-state index in [9.17, 15) is 39.6 Å². The van der Waals surface area contributed by atoms with Gasteiger partial charge >= 0.3 is 12.4 Å². The van der Waals surface area contributed by atoms with Gasteiger partial charge in [0.25, 0.3) is 0 Å². The minimum atomic E-state index is -4.54. The number of alkyl halides is 6. The Morgan fingerprint density at radius 1 is 0.917 bits per heavy atom. The van der Waals surface area contributed by atoms with Gasteiger partial charge in [0.1, 0.15) is 9.21 Å². The molecule has 2 atom stereocenters. The van der Waals surface area contributed by atoms with Crippen LogP contribution in [0.1, 0.15) is 42.7 Å². The molecular weight excluding hydrogens is 690 g/mol. The second-order valence-electron chi connectivity index (χ2n) is 7.18. The molecule has 0 bridgehead atoms. The van der Waals surface area contributed by atoms with Gasteiger partial charge in [-0.15, -0.1) is 0 Å². The quantitative estimate of drug-likeness (QED) is 0.160. The lowest BCUT2D eigenvalue weighted by molar-refractivity contribution is -0.151. The van der Waals surface area contributed by atoms with Crippen LogP contribution in [-0.4, -0.2) is 47.4 Å². The second-order valence-corrected chi connectivity index (χ2v) is 13.0. The number of hydrogen-bond donors (Lipinski definition) is 0. The fourth-order valence-electron chi connectivity index (χ4n) is 2.80. The van der Waals surface area contributed by atoms with E-state index in [1.807, 2.05) is 0 Å². The van der Waals surface area contributed by atoms with Crippen molar-refractivity contribution in [2.45, 2.75) is 44.0 Å². The van der Waals surface area contributed by atoms with Gasteiger partial charge in [-0.05, 0) is 68.0 Å². The molecule has 0 aliphatic carbocycles. The fraction of sp³-hybridized carbons (Fsp3) is 0.450. The Kier molecular flexibility index (Phi) is 13.2. The van der Waals surface area contributed by atoms with Crippen molar-refractivity contribution < 1.29 is 39.6 Å². The number of nitrogens with zero attached hydrogens (tertiary/aromatic N) is 2. The minimum Gasteiger partial charge on any atom is -0.288 e. The number of pyridine rings is 2. The Morgan fingerprint density at radius 2 is 1.33 bits per heavy atom. The monoisotopic (exact) mass is 706 g/mol. The van der Waals surface area contributed by atoms with Crippen LogP contribution in [0, 0.1) is 0 Å².